The zero-order valence-electron chi connectivity index (χ0n) is 12.5. The van der Waals surface area contributed by atoms with Gasteiger partial charge in [0.15, 0.2) is 5.96 Å². The van der Waals surface area contributed by atoms with Gasteiger partial charge in [-0.15, -0.1) is 0 Å². The van der Waals surface area contributed by atoms with E-state index in [-0.39, 0.29) is 17.9 Å². The molecule has 0 radical (unpaired) electrons. The Labute approximate surface area is 131 Å². The lowest BCUT2D eigenvalue weighted by Crippen LogP contribution is -2.42. The first-order valence-corrected chi connectivity index (χ1v) is 7.24. The highest BCUT2D eigenvalue weighted by atomic mass is 16.3. The van der Waals surface area contributed by atoms with Crippen LogP contribution < -0.4 is 5.73 Å². The van der Waals surface area contributed by atoms with E-state index in [0.29, 0.717) is 6.42 Å². The van der Waals surface area contributed by atoms with Gasteiger partial charge in [-0.05, 0) is 23.8 Å². The van der Waals surface area contributed by atoms with Crippen molar-refractivity contribution >= 4 is 22.8 Å². The Kier molecular flexibility index (Phi) is 2.94. The van der Waals surface area contributed by atoms with E-state index in [1.165, 1.54) is 4.90 Å². The smallest absolute Gasteiger partial charge is 0.231 e. The molecule has 1 atom stereocenters. The molecule has 3 N–H and O–H groups in total. The Hall–Kier alpha value is -3.09. The van der Waals surface area contributed by atoms with E-state index < -0.39 is 0 Å². The standard InChI is InChI=1S/C16H15N5O2/c1-21-14(22)7-13(18-16(21)17)9-2-3-12-11(6-9)15(20-19-12)10-4-5-23-8-10/h2-6,8,13H,7H2,1H3,(H2,17,18)(H,19,20). The van der Waals surface area contributed by atoms with E-state index in [1.807, 2.05) is 24.3 Å². The third kappa shape index (κ3) is 2.17. The molecule has 4 rings (SSSR count). The fourth-order valence-corrected chi connectivity index (χ4v) is 2.77. The van der Waals surface area contributed by atoms with Gasteiger partial charge in [-0.2, -0.15) is 5.10 Å². The van der Waals surface area contributed by atoms with Crippen LogP contribution in [0, 0.1) is 0 Å². The van der Waals surface area contributed by atoms with E-state index in [1.54, 1.807) is 19.6 Å². The highest BCUT2D eigenvalue weighted by molar-refractivity contribution is 5.98. The minimum atomic E-state index is -0.268. The van der Waals surface area contributed by atoms with Gasteiger partial charge >= 0.3 is 0 Å². The Bertz CT molecular complexity index is 910. The molecule has 1 aliphatic rings. The molecule has 0 bridgehead atoms. The van der Waals surface area contributed by atoms with Crippen LogP contribution in [-0.2, 0) is 4.79 Å². The van der Waals surface area contributed by atoms with Crippen molar-refractivity contribution in [3.8, 4) is 11.3 Å². The summed E-state index contributed by atoms with van der Waals surface area (Å²) in [6, 6.07) is 7.48. The summed E-state index contributed by atoms with van der Waals surface area (Å²) in [6.07, 6.45) is 3.57. The van der Waals surface area contributed by atoms with Gasteiger partial charge in [-0.3, -0.25) is 14.8 Å². The van der Waals surface area contributed by atoms with Gasteiger partial charge in [0.05, 0.1) is 30.5 Å². The lowest BCUT2D eigenvalue weighted by molar-refractivity contribution is -0.127. The summed E-state index contributed by atoms with van der Waals surface area (Å²) < 4.78 is 5.13. The number of aliphatic imine (C=N–C) groups is 1. The third-order valence-electron chi connectivity index (χ3n) is 4.14. The molecule has 0 fully saturated rings. The quantitative estimate of drug-likeness (QED) is 0.756. The largest absolute Gasteiger partial charge is 0.472 e. The van der Waals surface area contributed by atoms with E-state index in [9.17, 15) is 4.79 Å². The number of carbonyl (C=O) groups is 1. The van der Waals surface area contributed by atoms with Crippen LogP contribution >= 0.6 is 0 Å². The van der Waals surface area contributed by atoms with Crippen molar-refractivity contribution in [2.24, 2.45) is 10.7 Å². The minimum Gasteiger partial charge on any atom is -0.472 e. The van der Waals surface area contributed by atoms with E-state index in [4.69, 9.17) is 10.2 Å². The van der Waals surface area contributed by atoms with E-state index in [0.717, 1.165) is 27.7 Å². The average molecular weight is 309 g/mol. The summed E-state index contributed by atoms with van der Waals surface area (Å²) in [5.74, 6) is 0.207. The monoisotopic (exact) mass is 309 g/mol. The van der Waals surface area contributed by atoms with Crippen LogP contribution in [-0.4, -0.2) is 34.0 Å². The number of nitrogens with zero attached hydrogens (tertiary/aromatic N) is 3. The van der Waals surface area contributed by atoms with Crippen molar-refractivity contribution in [1.82, 2.24) is 15.1 Å². The van der Waals surface area contributed by atoms with Crippen LogP contribution in [0.1, 0.15) is 18.0 Å². The Balaban J connectivity index is 1.80. The van der Waals surface area contributed by atoms with Gasteiger partial charge in [0.1, 0.15) is 5.69 Å². The van der Waals surface area contributed by atoms with E-state index in [2.05, 4.69) is 15.2 Å². The normalized spacial score (nSPS) is 18.5. The molecule has 3 aromatic rings. The molecule has 0 spiro atoms. The molecular weight excluding hydrogens is 294 g/mol. The molecular formula is C16H15N5O2. The van der Waals surface area contributed by atoms with Gasteiger partial charge in [0, 0.05) is 18.0 Å². The lowest BCUT2D eigenvalue weighted by Gasteiger charge is -2.25. The fraction of sp³-hybridized carbons (Fsp3) is 0.188. The molecule has 0 saturated carbocycles. The molecule has 3 heterocycles. The van der Waals surface area contributed by atoms with Gasteiger partial charge in [-0.25, -0.2) is 4.99 Å². The van der Waals surface area contributed by atoms with Gasteiger partial charge < -0.3 is 10.2 Å². The number of hydrogen-bond donors (Lipinski definition) is 2. The number of rotatable bonds is 2. The number of benzene rings is 1. The zero-order valence-corrected chi connectivity index (χ0v) is 12.5. The van der Waals surface area contributed by atoms with Crippen molar-refractivity contribution < 1.29 is 9.21 Å². The van der Waals surface area contributed by atoms with E-state index >= 15 is 0 Å². The first-order chi connectivity index (χ1) is 11.1. The number of hydrogen-bond acceptors (Lipinski definition) is 5. The van der Waals surface area contributed by atoms with Crippen LogP contribution in [0.2, 0.25) is 0 Å². The van der Waals surface area contributed by atoms with Gasteiger partial charge in [0.2, 0.25) is 5.91 Å². The number of nitrogens with one attached hydrogen (secondary N) is 1. The maximum atomic E-state index is 12.0. The lowest BCUT2D eigenvalue weighted by atomic mass is 9.99. The number of aromatic amines is 1. The first-order valence-electron chi connectivity index (χ1n) is 7.24. The number of aromatic nitrogens is 2. The van der Waals surface area contributed by atoms with Crippen LogP contribution in [0.5, 0.6) is 0 Å². The summed E-state index contributed by atoms with van der Waals surface area (Å²) in [6.45, 7) is 0. The van der Waals surface area contributed by atoms with Crippen molar-refractivity contribution in [2.75, 3.05) is 7.05 Å². The molecule has 2 aromatic heterocycles. The summed E-state index contributed by atoms with van der Waals surface area (Å²) in [4.78, 5) is 17.8. The number of fused-ring (bicyclic) bond motifs is 1. The first kappa shape index (κ1) is 13.6. The molecule has 0 saturated heterocycles. The second-order valence-corrected chi connectivity index (χ2v) is 5.55. The topological polar surface area (TPSA) is 101 Å². The predicted octanol–water partition coefficient (Wildman–Crippen LogP) is 2.04. The Morgan fingerprint density at radius 1 is 1.39 bits per heavy atom. The molecule has 1 amide bonds. The van der Waals surface area contributed by atoms with Crippen LogP contribution in [0.25, 0.3) is 22.2 Å². The maximum absolute atomic E-state index is 12.0. The molecule has 0 aliphatic carbocycles. The molecule has 116 valence electrons. The number of H-pyrrole nitrogens is 1. The van der Waals surface area contributed by atoms with Crippen LogP contribution in [0.3, 0.4) is 0 Å². The number of guanidine groups is 1. The molecule has 7 nitrogen and oxygen atoms in total. The summed E-state index contributed by atoms with van der Waals surface area (Å²) in [5.41, 5.74) is 9.39. The predicted molar refractivity (Wildman–Crippen MR) is 85.5 cm³/mol. The molecule has 7 heteroatoms. The number of nitrogens with two attached hydrogens (primary N) is 1. The second-order valence-electron chi connectivity index (χ2n) is 5.55. The third-order valence-corrected chi connectivity index (χ3v) is 4.14. The molecule has 1 aliphatic heterocycles. The number of amides is 1. The number of carbonyl (C=O) groups excluding carboxylic acids is 1. The number of furan rings is 1. The molecule has 23 heavy (non-hydrogen) atoms. The Morgan fingerprint density at radius 2 is 2.26 bits per heavy atom. The van der Waals surface area contributed by atoms with Crippen molar-refractivity contribution in [2.45, 2.75) is 12.5 Å². The highest BCUT2D eigenvalue weighted by Gasteiger charge is 2.26. The van der Waals surface area contributed by atoms with Crippen molar-refractivity contribution in [3.63, 3.8) is 0 Å². The SMILES string of the molecule is CN1C(=O)CC(c2ccc3[nH]nc(-c4ccoc4)c3c2)N=C1N. The van der Waals surface area contributed by atoms with Gasteiger partial charge in [-0.1, -0.05) is 6.07 Å². The zero-order chi connectivity index (χ0) is 16.0. The van der Waals surface area contributed by atoms with Gasteiger partial charge in [0.25, 0.3) is 0 Å². The summed E-state index contributed by atoms with van der Waals surface area (Å²) in [5, 5.41) is 8.31. The highest BCUT2D eigenvalue weighted by Crippen LogP contribution is 2.32. The maximum Gasteiger partial charge on any atom is 0.231 e. The van der Waals surface area contributed by atoms with Crippen molar-refractivity contribution in [3.05, 3.63) is 42.4 Å². The Morgan fingerprint density at radius 3 is 3.00 bits per heavy atom. The molecule has 1 unspecified atom stereocenters. The van der Waals surface area contributed by atoms with Crippen LogP contribution in [0.15, 0.2) is 46.2 Å². The fourth-order valence-electron chi connectivity index (χ4n) is 2.77. The molecule has 1 aromatic carbocycles. The van der Waals surface area contributed by atoms with Crippen molar-refractivity contribution in [1.29, 1.82) is 0 Å². The van der Waals surface area contributed by atoms with Crippen LogP contribution in [0.4, 0.5) is 0 Å². The average Bonchev–Trinajstić information content (AvgIpc) is 3.20. The second kappa shape index (κ2) is 4.98. The summed E-state index contributed by atoms with van der Waals surface area (Å²) >= 11 is 0. The summed E-state index contributed by atoms with van der Waals surface area (Å²) in [7, 11) is 1.63. The minimum absolute atomic E-state index is 0.0372.